The Morgan fingerprint density at radius 1 is 1.17 bits per heavy atom. The van der Waals surface area contributed by atoms with Gasteiger partial charge in [0.2, 0.25) is 0 Å². The van der Waals surface area contributed by atoms with Gasteiger partial charge in [-0.05, 0) is 13.0 Å². The summed E-state index contributed by atoms with van der Waals surface area (Å²) in [5.41, 5.74) is 0.391. The first-order chi connectivity index (χ1) is 7.84. The molecular weight excluding hydrogens is 277 g/mol. The first-order valence-corrected chi connectivity index (χ1v) is 5.86. The number of rotatable bonds is 4. The smallest absolute Gasteiger partial charge is 0.176 e. The number of phenols is 2. The molecule has 0 heterocycles. The van der Waals surface area contributed by atoms with Gasteiger partial charge in [-0.1, -0.05) is 31.5 Å². The number of aliphatic hydroxyl groups excluding tert-OH is 1. The van der Waals surface area contributed by atoms with Crippen LogP contribution in [0.1, 0.15) is 32.4 Å². The Kier molecular flexibility index (Phi) is 6.78. The summed E-state index contributed by atoms with van der Waals surface area (Å²) in [6, 6.07) is 2.82. The highest BCUT2D eigenvalue weighted by atomic mass is 35.5. The Balaban J connectivity index is 0.00000289. The molecule has 104 valence electrons. The standard InChI is InChI=1S/C12H18ClNO3.ClH/c1-6(2)14-7(3)11(16)8-4-5-9(15)12(17)10(8)13;/h4-7,11,14-17H,1-3H3;1H. The van der Waals surface area contributed by atoms with E-state index >= 15 is 0 Å². The molecule has 2 atom stereocenters. The Morgan fingerprint density at radius 2 is 1.72 bits per heavy atom. The fourth-order valence-corrected chi connectivity index (χ4v) is 1.96. The summed E-state index contributed by atoms with van der Waals surface area (Å²) in [6.45, 7) is 5.77. The van der Waals surface area contributed by atoms with Crippen LogP contribution >= 0.6 is 24.0 Å². The minimum Gasteiger partial charge on any atom is -0.504 e. The van der Waals surface area contributed by atoms with E-state index in [-0.39, 0.29) is 35.3 Å². The normalized spacial score (nSPS) is 14.1. The van der Waals surface area contributed by atoms with Crippen LogP contribution in [0.5, 0.6) is 11.5 Å². The summed E-state index contributed by atoms with van der Waals surface area (Å²) in [7, 11) is 0. The van der Waals surface area contributed by atoms with E-state index in [1.807, 2.05) is 20.8 Å². The van der Waals surface area contributed by atoms with Gasteiger partial charge in [0.1, 0.15) is 0 Å². The van der Waals surface area contributed by atoms with Gasteiger partial charge in [-0.3, -0.25) is 0 Å². The van der Waals surface area contributed by atoms with Crippen molar-refractivity contribution < 1.29 is 15.3 Å². The number of aromatic hydroxyl groups is 2. The van der Waals surface area contributed by atoms with Crippen molar-refractivity contribution >= 4 is 24.0 Å². The van der Waals surface area contributed by atoms with Crippen LogP contribution in [0.3, 0.4) is 0 Å². The zero-order valence-corrected chi connectivity index (χ0v) is 12.1. The second-order valence-corrected chi connectivity index (χ2v) is 4.77. The minimum absolute atomic E-state index is 0. The topological polar surface area (TPSA) is 72.7 Å². The number of phenolic OH excluding ortho intramolecular Hbond substituents is 2. The van der Waals surface area contributed by atoms with Gasteiger partial charge in [0.05, 0.1) is 11.1 Å². The zero-order valence-electron chi connectivity index (χ0n) is 10.5. The number of hydrogen-bond donors (Lipinski definition) is 4. The lowest BCUT2D eigenvalue weighted by molar-refractivity contribution is 0.131. The molecule has 4 nitrogen and oxygen atoms in total. The van der Waals surface area contributed by atoms with Crippen molar-refractivity contribution in [3.05, 3.63) is 22.7 Å². The van der Waals surface area contributed by atoms with E-state index in [0.29, 0.717) is 5.56 Å². The summed E-state index contributed by atoms with van der Waals surface area (Å²) in [6.07, 6.45) is -0.851. The molecule has 0 saturated carbocycles. The Labute approximate surface area is 118 Å². The van der Waals surface area contributed by atoms with Crippen molar-refractivity contribution in [2.24, 2.45) is 0 Å². The first kappa shape index (κ1) is 17.3. The Bertz CT molecular complexity index is 399. The molecule has 0 aliphatic carbocycles. The minimum atomic E-state index is -0.851. The third-order valence-electron chi connectivity index (χ3n) is 2.51. The first-order valence-electron chi connectivity index (χ1n) is 5.49. The van der Waals surface area contributed by atoms with Crippen LogP contribution in [-0.2, 0) is 0 Å². The van der Waals surface area contributed by atoms with Crippen LogP contribution in [0.15, 0.2) is 12.1 Å². The van der Waals surface area contributed by atoms with Gasteiger partial charge in [-0.25, -0.2) is 0 Å². The quantitative estimate of drug-likeness (QED) is 0.644. The predicted octanol–water partition coefficient (Wildman–Crippen LogP) is 2.59. The fourth-order valence-electron chi connectivity index (χ4n) is 1.68. The molecule has 0 aromatic heterocycles. The number of halogens is 2. The van der Waals surface area contributed by atoms with E-state index in [1.54, 1.807) is 0 Å². The molecule has 4 N–H and O–H groups in total. The van der Waals surface area contributed by atoms with Crippen molar-refractivity contribution in [3.63, 3.8) is 0 Å². The van der Waals surface area contributed by atoms with Crippen LogP contribution in [-0.4, -0.2) is 27.4 Å². The SMILES string of the molecule is CC(C)NC(C)C(O)c1ccc(O)c(O)c1Cl.Cl. The van der Waals surface area contributed by atoms with Crippen LogP contribution in [0.4, 0.5) is 0 Å². The molecule has 1 rings (SSSR count). The van der Waals surface area contributed by atoms with E-state index in [4.69, 9.17) is 11.6 Å². The van der Waals surface area contributed by atoms with Crippen molar-refractivity contribution in [2.45, 2.75) is 39.0 Å². The van der Waals surface area contributed by atoms with E-state index in [9.17, 15) is 15.3 Å². The van der Waals surface area contributed by atoms with Gasteiger partial charge in [-0.2, -0.15) is 0 Å². The van der Waals surface area contributed by atoms with Gasteiger partial charge in [0.25, 0.3) is 0 Å². The molecule has 18 heavy (non-hydrogen) atoms. The van der Waals surface area contributed by atoms with Crippen molar-refractivity contribution in [3.8, 4) is 11.5 Å². The highest BCUT2D eigenvalue weighted by Crippen LogP contribution is 2.38. The molecule has 0 saturated heterocycles. The van der Waals surface area contributed by atoms with Crippen LogP contribution < -0.4 is 5.32 Å². The van der Waals surface area contributed by atoms with E-state index < -0.39 is 11.9 Å². The summed E-state index contributed by atoms with van der Waals surface area (Å²) < 4.78 is 0. The van der Waals surface area contributed by atoms with Crippen molar-refractivity contribution in [2.75, 3.05) is 0 Å². The second-order valence-electron chi connectivity index (χ2n) is 4.39. The van der Waals surface area contributed by atoms with Crippen LogP contribution in [0, 0.1) is 0 Å². The van der Waals surface area contributed by atoms with Crippen LogP contribution in [0.2, 0.25) is 5.02 Å². The highest BCUT2D eigenvalue weighted by Gasteiger charge is 2.22. The lowest BCUT2D eigenvalue weighted by atomic mass is 10.0. The third kappa shape index (κ3) is 3.92. The number of aliphatic hydroxyl groups is 1. The number of hydrogen-bond acceptors (Lipinski definition) is 4. The average Bonchev–Trinajstić information content (AvgIpc) is 2.24. The molecule has 6 heteroatoms. The van der Waals surface area contributed by atoms with Gasteiger partial charge in [0.15, 0.2) is 11.5 Å². The molecule has 1 aromatic rings. The summed E-state index contributed by atoms with van der Waals surface area (Å²) in [5, 5.41) is 32.0. The van der Waals surface area contributed by atoms with Crippen LogP contribution in [0.25, 0.3) is 0 Å². The maximum absolute atomic E-state index is 10.1. The summed E-state index contributed by atoms with van der Waals surface area (Å²) in [5.74, 6) is -0.699. The van der Waals surface area contributed by atoms with Gasteiger partial charge in [0, 0.05) is 17.6 Å². The predicted molar refractivity (Wildman–Crippen MR) is 74.7 cm³/mol. The Hall–Kier alpha value is -0.680. The largest absolute Gasteiger partial charge is 0.504 e. The molecule has 0 aliphatic heterocycles. The highest BCUT2D eigenvalue weighted by molar-refractivity contribution is 6.33. The molecule has 0 bridgehead atoms. The average molecular weight is 296 g/mol. The number of benzene rings is 1. The maximum Gasteiger partial charge on any atom is 0.176 e. The molecule has 1 aromatic carbocycles. The molecular formula is C12H19Cl2NO3. The monoisotopic (exact) mass is 295 g/mol. The lowest BCUT2D eigenvalue weighted by Crippen LogP contribution is -2.37. The van der Waals surface area contributed by atoms with Crippen molar-refractivity contribution in [1.82, 2.24) is 5.32 Å². The zero-order chi connectivity index (χ0) is 13.2. The number of nitrogens with one attached hydrogen (secondary N) is 1. The molecule has 0 spiro atoms. The third-order valence-corrected chi connectivity index (χ3v) is 2.91. The molecule has 0 amide bonds. The molecule has 2 unspecified atom stereocenters. The summed E-state index contributed by atoms with van der Waals surface area (Å²) >= 11 is 5.88. The molecule has 0 radical (unpaired) electrons. The lowest BCUT2D eigenvalue weighted by Gasteiger charge is -2.23. The van der Waals surface area contributed by atoms with Gasteiger partial charge >= 0.3 is 0 Å². The van der Waals surface area contributed by atoms with Crippen molar-refractivity contribution in [1.29, 1.82) is 0 Å². The van der Waals surface area contributed by atoms with E-state index in [0.717, 1.165) is 0 Å². The van der Waals surface area contributed by atoms with E-state index in [1.165, 1.54) is 12.1 Å². The summed E-state index contributed by atoms with van der Waals surface area (Å²) in [4.78, 5) is 0. The fraction of sp³-hybridized carbons (Fsp3) is 0.500. The second kappa shape index (κ2) is 7.04. The van der Waals surface area contributed by atoms with Gasteiger partial charge in [-0.15, -0.1) is 12.4 Å². The van der Waals surface area contributed by atoms with E-state index in [2.05, 4.69) is 5.32 Å². The Morgan fingerprint density at radius 3 is 2.22 bits per heavy atom. The molecule has 0 fully saturated rings. The van der Waals surface area contributed by atoms with Gasteiger partial charge < -0.3 is 20.6 Å². The maximum atomic E-state index is 10.1. The molecule has 0 aliphatic rings.